The number of ether oxygens (including phenoxy) is 1. The summed E-state index contributed by atoms with van der Waals surface area (Å²) in [4.78, 5) is 4.57. The van der Waals surface area contributed by atoms with Crippen molar-refractivity contribution in [2.75, 3.05) is 6.54 Å². The van der Waals surface area contributed by atoms with E-state index in [1.54, 1.807) is 0 Å². The maximum absolute atomic E-state index is 6.11. The van der Waals surface area contributed by atoms with Crippen LogP contribution in [0.3, 0.4) is 0 Å². The number of nitrogens with zero attached hydrogens (tertiary/aromatic N) is 1. The fourth-order valence-electron chi connectivity index (χ4n) is 2.03. The van der Waals surface area contributed by atoms with Crippen LogP contribution in [0.2, 0.25) is 5.02 Å². The Morgan fingerprint density at radius 3 is 2.71 bits per heavy atom. The molecule has 0 aliphatic carbocycles. The molecule has 0 unspecified atom stereocenters. The van der Waals surface area contributed by atoms with Crippen molar-refractivity contribution >= 4 is 11.6 Å². The molecular formula is C17H21ClN2O. The van der Waals surface area contributed by atoms with Crippen LogP contribution in [-0.4, -0.2) is 11.5 Å². The minimum atomic E-state index is 0.463. The zero-order valence-electron chi connectivity index (χ0n) is 12.5. The van der Waals surface area contributed by atoms with E-state index >= 15 is 0 Å². The largest absolute Gasteiger partial charge is 0.487 e. The lowest BCUT2D eigenvalue weighted by molar-refractivity contribution is 0.300. The minimum absolute atomic E-state index is 0.463. The van der Waals surface area contributed by atoms with Gasteiger partial charge in [0.05, 0.1) is 11.4 Å². The number of aryl methyl sites for hydroxylation is 1. The molecule has 0 radical (unpaired) electrons. The van der Waals surface area contributed by atoms with Gasteiger partial charge in [0.2, 0.25) is 0 Å². The van der Waals surface area contributed by atoms with Crippen LogP contribution in [0, 0.1) is 0 Å². The molecule has 0 bridgehead atoms. The smallest absolute Gasteiger partial charge is 0.130 e. The van der Waals surface area contributed by atoms with Crippen molar-refractivity contribution in [1.29, 1.82) is 0 Å². The highest BCUT2D eigenvalue weighted by Crippen LogP contribution is 2.23. The average Bonchev–Trinajstić information content (AvgIpc) is 2.52. The zero-order valence-corrected chi connectivity index (χ0v) is 13.3. The van der Waals surface area contributed by atoms with Crippen LogP contribution >= 0.6 is 11.6 Å². The molecule has 4 heteroatoms. The molecule has 0 amide bonds. The first-order chi connectivity index (χ1) is 10.2. The van der Waals surface area contributed by atoms with E-state index in [9.17, 15) is 0 Å². The summed E-state index contributed by atoms with van der Waals surface area (Å²) in [6.07, 6.45) is 0.895. The van der Waals surface area contributed by atoms with Gasteiger partial charge < -0.3 is 10.1 Å². The lowest BCUT2D eigenvalue weighted by atomic mass is 10.1. The van der Waals surface area contributed by atoms with Crippen molar-refractivity contribution in [3.8, 4) is 5.75 Å². The number of pyridine rings is 1. The number of rotatable bonds is 7. The highest BCUT2D eigenvalue weighted by atomic mass is 35.5. The Kier molecular flexibility index (Phi) is 6.03. The highest BCUT2D eigenvalue weighted by Gasteiger charge is 2.03. The van der Waals surface area contributed by atoms with Crippen LogP contribution in [0.25, 0.3) is 0 Å². The Morgan fingerprint density at radius 1 is 1.14 bits per heavy atom. The molecule has 0 aliphatic heterocycles. The predicted molar refractivity (Wildman–Crippen MR) is 86.8 cm³/mol. The van der Waals surface area contributed by atoms with Gasteiger partial charge in [0.15, 0.2) is 0 Å². The van der Waals surface area contributed by atoms with Gasteiger partial charge in [-0.25, -0.2) is 0 Å². The van der Waals surface area contributed by atoms with Gasteiger partial charge in [-0.15, -0.1) is 0 Å². The second kappa shape index (κ2) is 8.01. The molecule has 112 valence electrons. The van der Waals surface area contributed by atoms with Gasteiger partial charge in [0, 0.05) is 11.6 Å². The van der Waals surface area contributed by atoms with E-state index < -0.39 is 0 Å². The lowest BCUT2D eigenvalue weighted by Gasteiger charge is -2.09. The van der Waals surface area contributed by atoms with E-state index in [1.165, 1.54) is 0 Å². The zero-order chi connectivity index (χ0) is 15.1. The summed E-state index contributed by atoms with van der Waals surface area (Å²) in [6.45, 7) is 6.35. The van der Waals surface area contributed by atoms with E-state index in [2.05, 4.69) is 24.1 Å². The van der Waals surface area contributed by atoms with Crippen molar-refractivity contribution in [1.82, 2.24) is 10.3 Å². The van der Waals surface area contributed by atoms with E-state index in [-0.39, 0.29) is 0 Å². The fourth-order valence-corrected chi connectivity index (χ4v) is 2.28. The molecule has 1 aromatic heterocycles. The number of nitrogens with one attached hydrogen (secondary N) is 1. The molecule has 0 atom stereocenters. The van der Waals surface area contributed by atoms with Crippen LogP contribution < -0.4 is 10.1 Å². The van der Waals surface area contributed by atoms with Gasteiger partial charge in [0.25, 0.3) is 0 Å². The van der Waals surface area contributed by atoms with Crippen molar-refractivity contribution in [3.63, 3.8) is 0 Å². The van der Waals surface area contributed by atoms with E-state index in [1.807, 2.05) is 36.4 Å². The van der Waals surface area contributed by atoms with Gasteiger partial charge >= 0.3 is 0 Å². The number of halogens is 1. The van der Waals surface area contributed by atoms with Gasteiger partial charge in [0.1, 0.15) is 12.4 Å². The highest BCUT2D eigenvalue weighted by molar-refractivity contribution is 6.31. The van der Waals surface area contributed by atoms with E-state index in [0.717, 1.165) is 47.2 Å². The van der Waals surface area contributed by atoms with E-state index in [0.29, 0.717) is 6.61 Å². The van der Waals surface area contributed by atoms with Crippen LogP contribution in [0.4, 0.5) is 0 Å². The number of benzene rings is 1. The van der Waals surface area contributed by atoms with Gasteiger partial charge in [-0.3, -0.25) is 4.98 Å². The standard InChI is InChI=1S/C17H21ClN2O/c1-3-13-10-16(8-9-17(13)18)21-12-15-7-5-6-14(20-15)11-19-4-2/h5-10,19H,3-4,11-12H2,1-2H3. The maximum Gasteiger partial charge on any atom is 0.130 e. The van der Waals surface area contributed by atoms with Crippen LogP contribution in [-0.2, 0) is 19.6 Å². The molecule has 0 saturated carbocycles. The van der Waals surface area contributed by atoms with Crippen LogP contribution in [0.5, 0.6) is 5.75 Å². The summed E-state index contributed by atoms with van der Waals surface area (Å²) in [5, 5.41) is 4.06. The van der Waals surface area contributed by atoms with Crippen molar-refractivity contribution in [2.45, 2.75) is 33.4 Å². The third kappa shape index (κ3) is 4.73. The van der Waals surface area contributed by atoms with Crippen molar-refractivity contribution in [2.24, 2.45) is 0 Å². The first kappa shape index (κ1) is 15.8. The summed E-state index contributed by atoms with van der Waals surface area (Å²) in [5.41, 5.74) is 3.06. The minimum Gasteiger partial charge on any atom is -0.487 e. The summed E-state index contributed by atoms with van der Waals surface area (Å²) >= 11 is 6.11. The average molecular weight is 305 g/mol. The molecule has 2 aromatic rings. The summed E-state index contributed by atoms with van der Waals surface area (Å²) < 4.78 is 5.81. The number of hydrogen-bond donors (Lipinski definition) is 1. The first-order valence-electron chi connectivity index (χ1n) is 7.29. The molecule has 1 heterocycles. The second-order valence-electron chi connectivity index (χ2n) is 4.80. The maximum atomic E-state index is 6.11. The second-order valence-corrected chi connectivity index (χ2v) is 5.20. The van der Waals surface area contributed by atoms with Gasteiger partial charge in [-0.05, 0) is 48.9 Å². The van der Waals surface area contributed by atoms with Crippen molar-refractivity contribution in [3.05, 3.63) is 58.4 Å². The Morgan fingerprint density at radius 2 is 1.95 bits per heavy atom. The molecule has 1 N–H and O–H groups in total. The Hall–Kier alpha value is -1.58. The Balaban J connectivity index is 1.99. The molecule has 1 aromatic carbocycles. The number of hydrogen-bond acceptors (Lipinski definition) is 3. The monoisotopic (exact) mass is 304 g/mol. The quantitative estimate of drug-likeness (QED) is 0.840. The van der Waals surface area contributed by atoms with Gasteiger partial charge in [-0.1, -0.05) is 31.5 Å². The Labute approximate surface area is 131 Å². The number of aromatic nitrogens is 1. The fraction of sp³-hybridized carbons (Fsp3) is 0.353. The summed E-state index contributed by atoms with van der Waals surface area (Å²) in [5.74, 6) is 0.829. The first-order valence-corrected chi connectivity index (χ1v) is 7.67. The molecule has 0 spiro atoms. The Bertz CT molecular complexity index is 587. The SMILES string of the molecule is CCNCc1cccc(COc2ccc(Cl)c(CC)c2)n1. The summed E-state index contributed by atoms with van der Waals surface area (Å²) in [6, 6.07) is 11.8. The van der Waals surface area contributed by atoms with Crippen LogP contribution in [0.15, 0.2) is 36.4 Å². The molecule has 3 nitrogen and oxygen atoms in total. The molecule has 2 rings (SSSR count). The molecule has 21 heavy (non-hydrogen) atoms. The molecule has 0 saturated heterocycles. The van der Waals surface area contributed by atoms with Gasteiger partial charge in [-0.2, -0.15) is 0 Å². The van der Waals surface area contributed by atoms with Crippen LogP contribution in [0.1, 0.15) is 30.8 Å². The normalized spacial score (nSPS) is 10.6. The van der Waals surface area contributed by atoms with E-state index in [4.69, 9.17) is 16.3 Å². The summed E-state index contributed by atoms with van der Waals surface area (Å²) in [7, 11) is 0. The third-order valence-corrected chi connectivity index (χ3v) is 3.57. The third-order valence-electron chi connectivity index (χ3n) is 3.21. The molecular weight excluding hydrogens is 284 g/mol. The topological polar surface area (TPSA) is 34.1 Å². The predicted octanol–water partition coefficient (Wildman–Crippen LogP) is 3.99. The molecule has 0 fully saturated rings. The van der Waals surface area contributed by atoms with Crippen molar-refractivity contribution < 1.29 is 4.74 Å². The lowest BCUT2D eigenvalue weighted by Crippen LogP contribution is -2.13. The molecule has 0 aliphatic rings.